The smallest absolute Gasteiger partial charge is 0.410 e. The molecule has 2 saturated heterocycles. The van der Waals surface area contributed by atoms with Crippen molar-refractivity contribution >= 4 is 29.1 Å². The number of fused-ring (bicyclic) bond motifs is 3. The normalized spacial score (nSPS) is 20.5. The summed E-state index contributed by atoms with van der Waals surface area (Å²) in [6, 6.07) is 18.4. The Kier molecular flexibility index (Phi) is 4.54. The molecule has 160 valence electrons. The number of amides is 1. The van der Waals surface area contributed by atoms with Crippen LogP contribution in [0.1, 0.15) is 37.6 Å². The number of piperazine rings is 1. The first-order valence-electron chi connectivity index (χ1n) is 10.8. The molecule has 6 heteroatoms. The molecule has 0 radical (unpaired) electrons. The highest BCUT2D eigenvalue weighted by atomic mass is 16.6. The van der Waals surface area contributed by atoms with E-state index in [-0.39, 0.29) is 18.2 Å². The second-order valence-corrected chi connectivity index (χ2v) is 9.37. The summed E-state index contributed by atoms with van der Waals surface area (Å²) in [5, 5.41) is 0.947. The first kappa shape index (κ1) is 19.7. The Bertz CT molecular complexity index is 1150. The number of carbonyl (C=O) groups is 2. The molecule has 2 fully saturated rings. The number of rotatable bonds is 3. The van der Waals surface area contributed by atoms with Crippen molar-refractivity contribution in [3.05, 3.63) is 60.2 Å². The maximum absolute atomic E-state index is 12.7. The zero-order chi connectivity index (χ0) is 21.8. The number of aldehydes is 1. The third kappa shape index (κ3) is 3.26. The molecule has 2 aromatic carbocycles. The van der Waals surface area contributed by atoms with Crippen LogP contribution in [0.25, 0.3) is 16.6 Å². The number of ether oxygens (including phenoxy) is 1. The second-order valence-electron chi connectivity index (χ2n) is 9.37. The Morgan fingerprint density at radius 2 is 1.71 bits per heavy atom. The van der Waals surface area contributed by atoms with Gasteiger partial charge in [0.05, 0.1) is 23.2 Å². The average Bonchev–Trinajstić information content (AvgIpc) is 3.43. The maximum Gasteiger partial charge on any atom is 0.410 e. The molecule has 2 unspecified atom stereocenters. The minimum Gasteiger partial charge on any atom is -0.444 e. The van der Waals surface area contributed by atoms with Gasteiger partial charge >= 0.3 is 6.09 Å². The van der Waals surface area contributed by atoms with E-state index in [9.17, 15) is 9.59 Å². The molecule has 0 aliphatic carbocycles. The fraction of sp³-hybridized carbons (Fsp3) is 0.360. The number of likely N-dealkylation sites (tertiary alicyclic amines) is 1. The van der Waals surface area contributed by atoms with E-state index in [0.29, 0.717) is 18.7 Å². The summed E-state index contributed by atoms with van der Waals surface area (Å²) in [7, 11) is 0. The zero-order valence-electron chi connectivity index (χ0n) is 18.1. The number of nitrogens with zero attached hydrogens (tertiary/aromatic N) is 3. The molecule has 0 N–H and O–H groups in total. The summed E-state index contributed by atoms with van der Waals surface area (Å²) in [5.41, 5.74) is 2.23. The quantitative estimate of drug-likeness (QED) is 0.583. The molecule has 2 aliphatic heterocycles. The van der Waals surface area contributed by atoms with Crippen molar-refractivity contribution < 1.29 is 14.3 Å². The van der Waals surface area contributed by atoms with Gasteiger partial charge in [0.1, 0.15) is 11.4 Å². The minimum atomic E-state index is -0.511. The van der Waals surface area contributed by atoms with E-state index in [1.54, 1.807) is 0 Å². The van der Waals surface area contributed by atoms with E-state index in [4.69, 9.17) is 4.74 Å². The highest BCUT2D eigenvalue weighted by molar-refractivity contribution is 6.05. The van der Waals surface area contributed by atoms with Crippen molar-refractivity contribution in [3.8, 4) is 5.69 Å². The molecule has 5 rings (SSSR count). The van der Waals surface area contributed by atoms with Crippen LogP contribution in [0, 0.1) is 0 Å². The number of aromatic nitrogens is 1. The summed E-state index contributed by atoms with van der Waals surface area (Å²) < 4.78 is 7.79. The van der Waals surface area contributed by atoms with Crippen LogP contribution in [-0.2, 0) is 4.74 Å². The lowest BCUT2D eigenvalue weighted by Gasteiger charge is -2.37. The Balaban J connectivity index is 1.55. The first-order chi connectivity index (χ1) is 14.9. The van der Waals surface area contributed by atoms with Crippen LogP contribution in [-0.4, -0.2) is 52.6 Å². The maximum atomic E-state index is 12.7. The van der Waals surface area contributed by atoms with Gasteiger partial charge in [-0.25, -0.2) is 4.79 Å². The number of hydrogen-bond acceptors (Lipinski definition) is 4. The van der Waals surface area contributed by atoms with Gasteiger partial charge in [-0.2, -0.15) is 0 Å². The second kappa shape index (κ2) is 7.15. The fourth-order valence-corrected chi connectivity index (χ4v) is 4.96. The van der Waals surface area contributed by atoms with E-state index in [0.717, 1.165) is 35.1 Å². The Morgan fingerprint density at radius 3 is 2.35 bits per heavy atom. The van der Waals surface area contributed by atoms with Gasteiger partial charge in [0.15, 0.2) is 6.29 Å². The standard InChI is InChI=1S/C25H27N3O3/c1-25(2,3)31-24(30)27-15-18-13-19(27)14-26(18)23-21(16-29)20-11-7-8-12-22(20)28(23)17-9-5-4-6-10-17/h4-12,16,18-19H,13-15H2,1-3H3. The van der Waals surface area contributed by atoms with Gasteiger partial charge in [0.2, 0.25) is 0 Å². The van der Waals surface area contributed by atoms with Gasteiger partial charge in [-0.05, 0) is 45.4 Å². The van der Waals surface area contributed by atoms with Gasteiger partial charge in [-0.3, -0.25) is 9.36 Å². The van der Waals surface area contributed by atoms with E-state index in [1.165, 1.54) is 0 Å². The Morgan fingerprint density at radius 1 is 1.00 bits per heavy atom. The first-order valence-corrected chi connectivity index (χ1v) is 10.8. The molecule has 6 nitrogen and oxygen atoms in total. The minimum absolute atomic E-state index is 0.0848. The highest BCUT2D eigenvalue weighted by Gasteiger charge is 2.48. The van der Waals surface area contributed by atoms with Crippen molar-refractivity contribution in [2.45, 2.75) is 44.9 Å². The molecule has 3 aromatic rings. The van der Waals surface area contributed by atoms with Gasteiger partial charge in [-0.15, -0.1) is 0 Å². The number of carbonyl (C=O) groups excluding carboxylic acids is 2. The largest absolute Gasteiger partial charge is 0.444 e. The fourth-order valence-electron chi connectivity index (χ4n) is 4.96. The SMILES string of the molecule is CC(C)(C)OC(=O)N1CC2CC1CN2c1c(C=O)c2ccccc2n1-c1ccccc1. The van der Waals surface area contributed by atoms with Gasteiger partial charge in [0, 0.05) is 24.2 Å². The third-order valence-electron chi connectivity index (χ3n) is 6.16. The molecular formula is C25H27N3O3. The average molecular weight is 418 g/mol. The molecule has 2 atom stereocenters. The topological polar surface area (TPSA) is 54.8 Å². The van der Waals surface area contributed by atoms with Gasteiger partial charge < -0.3 is 14.5 Å². The van der Waals surface area contributed by atoms with Crippen molar-refractivity contribution in [2.75, 3.05) is 18.0 Å². The number of anilines is 1. The highest BCUT2D eigenvalue weighted by Crippen LogP contribution is 2.41. The van der Waals surface area contributed by atoms with Crippen LogP contribution in [0.15, 0.2) is 54.6 Å². The van der Waals surface area contributed by atoms with E-state index in [2.05, 4.69) is 27.7 Å². The van der Waals surface area contributed by atoms with Crippen LogP contribution < -0.4 is 4.90 Å². The summed E-state index contributed by atoms with van der Waals surface area (Å²) in [4.78, 5) is 29.1. The predicted octanol–water partition coefficient (Wildman–Crippen LogP) is 4.64. The molecule has 1 amide bonds. The van der Waals surface area contributed by atoms with Crippen molar-refractivity contribution in [3.63, 3.8) is 0 Å². The van der Waals surface area contributed by atoms with Crippen LogP contribution in [0.3, 0.4) is 0 Å². The van der Waals surface area contributed by atoms with E-state index in [1.807, 2.05) is 62.1 Å². The third-order valence-corrected chi connectivity index (χ3v) is 6.16. The molecule has 0 saturated carbocycles. The lowest BCUT2D eigenvalue weighted by Crippen LogP contribution is -2.50. The summed E-state index contributed by atoms with van der Waals surface area (Å²) in [5.74, 6) is 0.915. The summed E-state index contributed by atoms with van der Waals surface area (Å²) in [6.45, 7) is 6.96. The monoisotopic (exact) mass is 417 g/mol. The summed E-state index contributed by atoms with van der Waals surface area (Å²) >= 11 is 0. The van der Waals surface area contributed by atoms with Crippen LogP contribution >= 0.6 is 0 Å². The lowest BCUT2D eigenvalue weighted by atomic mass is 10.1. The van der Waals surface area contributed by atoms with Crippen LogP contribution in [0.5, 0.6) is 0 Å². The van der Waals surface area contributed by atoms with Crippen LogP contribution in [0.2, 0.25) is 0 Å². The summed E-state index contributed by atoms with van der Waals surface area (Å²) in [6.07, 6.45) is 1.60. The lowest BCUT2D eigenvalue weighted by molar-refractivity contribution is 0.0214. The number of para-hydroxylation sites is 2. The van der Waals surface area contributed by atoms with Gasteiger partial charge in [0.25, 0.3) is 0 Å². The molecule has 31 heavy (non-hydrogen) atoms. The van der Waals surface area contributed by atoms with Crippen molar-refractivity contribution in [1.29, 1.82) is 0 Å². The molecular weight excluding hydrogens is 390 g/mol. The molecule has 2 bridgehead atoms. The molecule has 3 heterocycles. The molecule has 2 aliphatic rings. The number of hydrogen-bond donors (Lipinski definition) is 0. The molecule has 1 aromatic heterocycles. The zero-order valence-corrected chi connectivity index (χ0v) is 18.1. The van der Waals surface area contributed by atoms with E-state index >= 15 is 0 Å². The number of benzene rings is 2. The Hall–Kier alpha value is -3.28. The van der Waals surface area contributed by atoms with Crippen molar-refractivity contribution in [2.24, 2.45) is 0 Å². The van der Waals surface area contributed by atoms with Gasteiger partial charge in [-0.1, -0.05) is 36.4 Å². The van der Waals surface area contributed by atoms with Crippen molar-refractivity contribution in [1.82, 2.24) is 9.47 Å². The van der Waals surface area contributed by atoms with Crippen LogP contribution in [0.4, 0.5) is 10.6 Å². The predicted molar refractivity (Wildman–Crippen MR) is 121 cm³/mol. The van der Waals surface area contributed by atoms with E-state index < -0.39 is 5.60 Å². The molecule has 0 spiro atoms. The Labute approximate surface area is 182 Å².